The molecule has 128 valence electrons. The van der Waals surface area contributed by atoms with Crippen LogP contribution in [0.1, 0.15) is 33.6 Å². The minimum Gasteiger partial charge on any atom is -0.483 e. The zero-order valence-electron chi connectivity index (χ0n) is 13.5. The van der Waals surface area contributed by atoms with E-state index in [1.54, 1.807) is 48.5 Å². The normalized spacial score (nSPS) is 13.0. The van der Waals surface area contributed by atoms with Crippen molar-refractivity contribution in [1.82, 2.24) is 5.32 Å². The SMILES string of the molecule is O=Cc1ccccc1OCC(=O)Nc1ccccc1C(=O)NC1CC1. The molecule has 0 bridgehead atoms. The van der Waals surface area contributed by atoms with Crippen LogP contribution in [0.15, 0.2) is 48.5 Å². The van der Waals surface area contributed by atoms with Crippen molar-refractivity contribution in [3.63, 3.8) is 0 Å². The molecule has 2 aromatic rings. The third-order valence-corrected chi connectivity index (χ3v) is 3.76. The lowest BCUT2D eigenvalue weighted by molar-refractivity contribution is -0.118. The Morgan fingerprint density at radius 3 is 2.56 bits per heavy atom. The Morgan fingerprint density at radius 2 is 1.80 bits per heavy atom. The van der Waals surface area contributed by atoms with E-state index in [1.165, 1.54) is 0 Å². The summed E-state index contributed by atoms with van der Waals surface area (Å²) in [5.41, 5.74) is 1.22. The molecule has 1 fully saturated rings. The van der Waals surface area contributed by atoms with Crippen LogP contribution in [-0.4, -0.2) is 30.7 Å². The predicted octanol–water partition coefficient (Wildman–Crippen LogP) is 2.41. The van der Waals surface area contributed by atoms with Gasteiger partial charge in [0.2, 0.25) is 0 Å². The van der Waals surface area contributed by atoms with E-state index in [2.05, 4.69) is 10.6 Å². The molecule has 2 amide bonds. The molecular weight excluding hydrogens is 320 g/mol. The first-order valence-corrected chi connectivity index (χ1v) is 8.04. The molecular formula is C19H18N2O4. The monoisotopic (exact) mass is 338 g/mol. The summed E-state index contributed by atoms with van der Waals surface area (Å²) in [5.74, 6) is -0.273. The van der Waals surface area contributed by atoms with Gasteiger partial charge in [-0.1, -0.05) is 24.3 Å². The number of aldehydes is 1. The van der Waals surface area contributed by atoms with Crippen LogP contribution in [0.2, 0.25) is 0 Å². The number of hydrogen-bond acceptors (Lipinski definition) is 4. The number of nitrogens with one attached hydrogen (secondary N) is 2. The predicted molar refractivity (Wildman–Crippen MR) is 92.9 cm³/mol. The van der Waals surface area contributed by atoms with Crippen molar-refractivity contribution >= 4 is 23.8 Å². The summed E-state index contributed by atoms with van der Waals surface area (Å²) in [4.78, 5) is 35.3. The summed E-state index contributed by atoms with van der Waals surface area (Å²) in [6.07, 6.45) is 2.65. The van der Waals surface area contributed by atoms with Crippen LogP contribution in [0, 0.1) is 0 Å². The molecule has 0 atom stereocenters. The fourth-order valence-electron chi connectivity index (χ4n) is 2.32. The standard InChI is InChI=1S/C19H18N2O4/c22-11-13-5-1-4-8-17(13)25-12-18(23)21-16-7-3-2-6-15(16)19(24)20-14-9-10-14/h1-8,11,14H,9-10,12H2,(H,20,24)(H,21,23). The minimum absolute atomic E-state index is 0.203. The molecule has 25 heavy (non-hydrogen) atoms. The van der Waals surface area contributed by atoms with Gasteiger partial charge in [0.1, 0.15) is 5.75 Å². The van der Waals surface area contributed by atoms with Crippen molar-refractivity contribution < 1.29 is 19.1 Å². The third-order valence-electron chi connectivity index (χ3n) is 3.76. The molecule has 0 unspecified atom stereocenters. The molecule has 6 nitrogen and oxygen atoms in total. The Kier molecular flexibility index (Phi) is 5.09. The van der Waals surface area contributed by atoms with Gasteiger partial charge in [-0.05, 0) is 37.1 Å². The Hall–Kier alpha value is -3.15. The van der Waals surface area contributed by atoms with Crippen molar-refractivity contribution in [1.29, 1.82) is 0 Å². The number of benzene rings is 2. The van der Waals surface area contributed by atoms with Crippen LogP contribution in [0.25, 0.3) is 0 Å². The maximum absolute atomic E-state index is 12.2. The summed E-state index contributed by atoms with van der Waals surface area (Å²) < 4.78 is 5.39. The molecule has 2 aromatic carbocycles. The second-order valence-electron chi connectivity index (χ2n) is 5.79. The van der Waals surface area contributed by atoms with Gasteiger partial charge in [-0.25, -0.2) is 0 Å². The average molecular weight is 338 g/mol. The Bertz CT molecular complexity index is 800. The molecule has 2 N–H and O–H groups in total. The van der Waals surface area contributed by atoms with Crippen molar-refractivity contribution in [3.8, 4) is 5.75 Å². The second-order valence-corrected chi connectivity index (χ2v) is 5.79. The highest BCUT2D eigenvalue weighted by molar-refractivity contribution is 6.04. The van der Waals surface area contributed by atoms with Gasteiger partial charge >= 0.3 is 0 Å². The van der Waals surface area contributed by atoms with E-state index in [0.717, 1.165) is 12.8 Å². The van der Waals surface area contributed by atoms with E-state index in [0.29, 0.717) is 28.8 Å². The number of ether oxygens (including phenoxy) is 1. The van der Waals surface area contributed by atoms with E-state index in [-0.39, 0.29) is 18.6 Å². The van der Waals surface area contributed by atoms with Crippen molar-refractivity contribution in [2.75, 3.05) is 11.9 Å². The quantitative estimate of drug-likeness (QED) is 0.759. The first-order valence-electron chi connectivity index (χ1n) is 8.04. The summed E-state index contributed by atoms with van der Waals surface area (Å²) in [6.45, 7) is -0.260. The zero-order chi connectivity index (χ0) is 17.6. The van der Waals surface area contributed by atoms with E-state index >= 15 is 0 Å². The summed E-state index contributed by atoms with van der Waals surface area (Å²) in [7, 11) is 0. The van der Waals surface area contributed by atoms with E-state index in [4.69, 9.17) is 4.74 Å². The minimum atomic E-state index is -0.410. The molecule has 0 aromatic heterocycles. The molecule has 0 heterocycles. The molecule has 0 saturated heterocycles. The highest BCUT2D eigenvalue weighted by Gasteiger charge is 2.25. The van der Waals surface area contributed by atoms with Gasteiger partial charge < -0.3 is 15.4 Å². The lowest BCUT2D eigenvalue weighted by Crippen LogP contribution is -2.28. The number of rotatable bonds is 7. The van der Waals surface area contributed by atoms with E-state index in [1.807, 2.05) is 0 Å². The highest BCUT2D eigenvalue weighted by atomic mass is 16.5. The van der Waals surface area contributed by atoms with Gasteiger partial charge in [0, 0.05) is 6.04 Å². The van der Waals surface area contributed by atoms with Gasteiger partial charge in [0.25, 0.3) is 11.8 Å². The number of carbonyl (C=O) groups is 3. The number of amides is 2. The Labute approximate surface area is 145 Å². The van der Waals surface area contributed by atoms with Crippen LogP contribution >= 0.6 is 0 Å². The topological polar surface area (TPSA) is 84.5 Å². The molecule has 6 heteroatoms. The van der Waals surface area contributed by atoms with Gasteiger partial charge in [-0.2, -0.15) is 0 Å². The smallest absolute Gasteiger partial charge is 0.262 e. The van der Waals surface area contributed by atoms with Crippen molar-refractivity contribution in [3.05, 3.63) is 59.7 Å². The van der Waals surface area contributed by atoms with Crippen LogP contribution < -0.4 is 15.4 Å². The fraction of sp³-hybridized carbons (Fsp3) is 0.211. The van der Waals surface area contributed by atoms with Gasteiger partial charge in [-0.3, -0.25) is 14.4 Å². The number of anilines is 1. The van der Waals surface area contributed by atoms with Crippen LogP contribution in [0.5, 0.6) is 5.75 Å². The van der Waals surface area contributed by atoms with E-state index < -0.39 is 5.91 Å². The lowest BCUT2D eigenvalue weighted by Gasteiger charge is -2.12. The van der Waals surface area contributed by atoms with Gasteiger partial charge in [-0.15, -0.1) is 0 Å². The summed E-state index contributed by atoms with van der Waals surface area (Å²) in [5, 5.41) is 5.58. The van der Waals surface area contributed by atoms with Crippen LogP contribution in [0.3, 0.4) is 0 Å². The summed E-state index contributed by atoms with van der Waals surface area (Å²) >= 11 is 0. The van der Waals surface area contributed by atoms with Crippen molar-refractivity contribution in [2.24, 2.45) is 0 Å². The Morgan fingerprint density at radius 1 is 1.08 bits per heavy atom. The molecule has 0 spiro atoms. The van der Waals surface area contributed by atoms with Gasteiger partial charge in [0.15, 0.2) is 12.9 Å². The Balaban J connectivity index is 1.63. The molecule has 1 aliphatic rings. The van der Waals surface area contributed by atoms with Crippen LogP contribution in [-0.2, 0) is 4.79 Å². The number of para-hydroxylation sites is 2. The fourth-order valence-corrected chi connectivity index (χ4v) is 2.32. The maximum atomic E-state index is 12.2. The third kappa shape index (κ3) is 4.44. The molecule has 3 rings (SSSR count). The highest BCUT2D eigenvalue weighted by Crippen LogP contribution is 2.21. The number of hydrogen-bond donors (Lipinski definition) is 2. The molecule has 0 radical (unpaired) electrons. The van der Waals surface area contributed by atoms with Crippen LogP contribution in [0.4, 0.5) is 5.69 Å². The zero-order valence-corrected chi connectivity index (χ0v) is 13.5. The van der Waals surface area contributed by atoms with Gasteiger partial charge in [0.05, 0.1) is 16.8 Å². The number of carbonyl (C=O) groups excluding carboxylic acids is 3. The maximum Gasteiger partial charge on any atom is 0.262 e. The second kappa shape index (κ2) is 7.61. The first kappa shape index (κ1) is 16.7. The lowest BCUT2D eigenvalue weighted by atomic mass is 10.1. The molecule has 1 saturated carbocycles. The molecule has 1 aliphatic carbocycles. The van der Waals surface area contributed by atoms with Crippen molar-refractivity contribution in [2.45, 2.75) is 18.9 Å². The summed E-state index contributed by atoms with van der Waals surface area (Å²) in [6, 6.07) is 13.7. The molecule has 0 aliphatic heterocycles. The first-order chi connectivity index (χ1) is 12.2. The van der Waals surface area contributed by atoms with E-state index in [9.17, 15) is 14.4 Å². The largest absolute Gasteiger partial charge is 0.483 e. The average Bonchev–Trinajstić information content (AvgIpc) is 3.44.